The van der Waals surface area contributed by atoms with Crippen molar-refractivity contribution in [3.8, 4) is 0 Å². The van der Waals surface area contributed by atoms with Gasteiger partial charge in [-0.15, -0.1) is 11.3 Å². The Hall–Kier alpha value is -1.15. The summed E-state index contributed by atoms with van der Waals surface area (Å²) in [5.41, 5.74) is 0. The van der Waals surface area contributed by atoms with Crippen LogP contribution in [0.1, 0.15) is 18.2 Å². The van der Waals surface area contributed by atoms with Gasteiger partial charge < -0.3 is 4.79 Å². The average Bonchev–Trinajstić information content (AvgIpc) is 2.57. The van der Waals surface area contributed by atoms with Crippen molar-refractivity contribution >= 4 is 27.2 Å². The first kappa shape index (κ1) is 9.41. The number of hydrogen-bond donors (Lipinski definition) is 0. The molecule has 0 bridgehead atoms. The number of rotatable bonds is 3. The number of thiophene rings is 1. The van der Waals surface area contributed by atoms with Crippen LogP contribution >= 0.6 is 11.3 Å². The predicted octanol–water partition coefficient (Wildman–Crippen LogP) is 3.42. The second-order valence-corrected chi connectivity index (χ2v) is 4.62. The van der Waals surface area contributed by atoms with E-state index in [1.807, 2.05) is 12.1 Å². The molecule has 0 radical (unpaired) electrons. The van der Waals surface area contributed by atoms with Crippen LogP contribution in [0.3, 0.4) is 0 Å². The molecule has 0 amide bonds. The van der Waals surface area contributed by atoms with Crippen molar-refractivity contribution in [1.29, 1.82) is 0 Å². The van der Waals surface area contributed by atoms with E-state index in [0.717, 1.165) is 6.42 Å². The molecule has 2 heteroatoms. The second kappa shape index (κ2) is 3.93. The number of Topliss-reactive ketones (excluding diaryl/α,β-unsaturated/α-hetero) is 1. The lowest BCUT2D eigenvalue weighted by Crippen LogP contribution is -1.91. The van der Waals surface area contributed by atoms with Gasteiger partial charge in [-0.3, -0.25) is 0 Å². The Kier molecular flexibility index (Phi) is 2.64. The van der Waals surface area contributed by atoms with Gasteiger partial charge in [0.05, 0.1) is 0 Å². The monoisotopic (exact) mass is 204 g/mol. The Morgan fingerprint density at radius 1 is 1.36 bits per heavy atom. The lowest BCUT2D eigenvalue weighted by Gasteiger charge is -1.90. The third-order valence-electron chi connectivity index (χ3n) is 2.20. The maximum Gasteiger partial charge on any atom is 0.130 e. The molecule has 0 saturated carbocycles. The van der Waals surface area contributed by atoms with Crippen LogP contribution in [-0.4, -0.2) is 5.78 Å². The molecule has 0 aliphatic rings. The Labute approximate surface area is 87.4 Å². The van der Waals surface area contributed by atoms with Gasteiger partial charge in [0.2, 0.25) is 0 Å². The molecule has 2 aromatic rings. The summed E-state index contributed by atoms with van der Waals surface area (Å²) < 4.78 is 1.31. The molecule has 2 rings (SSSR count). The topological polar surface area (TPSA) is 17.1 Å². The van der Waals surface area contributed by atoms with Crippen LogP contribution in [0.25, 0.3) is 10.1 Å². The minimum Gasteiger partial charge on any atom is -0.300 e. The van der Waals surface area contributed by atoms with Crippen molar-refractivity contribution in [3.05, 3.63) is 35.2 Å². The lowest BCUT2D eigenvalue weighted by atomic mass is 10.2. The normalized spacial score (nSPS) is 10.6. The zero-order valence-corrected chi connectivity index (χ0v) is 8.93. The molecule has 0 aliphatic heterocycles. The van der Waals surface area contributed by atoms with E-state index >= 15 is 0 Å². The molecule has 0 unspecified atom stereocenters. The minimum atomic E-state index is 0.266. The highest BCUT2D eigenvalue weighted by molar-refractivity contribution is 7.19. The first-order valence-corrected chi connectivity index (χ1v) is 5.54. The zero-order valence-electron chi connectivity index (χ0n) is 8.12. The van der Waals surface area contributed by atoms with Crippen LogP contribution < -0.4 is 0 Å². The van der Waals surface area contributed by atoms with Crippen LogP contribution in [0.4, 0.5) is 0 Å². The summed E-state index contributed by atoms with van der Waals surface area (Å²) in [6.07, 6.45) is 1.54. The van der Waals surface area contributed by atoms with E-state index in [0.29, 0.717) is 6.42 Å². The summed E-state index contributed by atoms with van der Waals surface area (Å²) in [5, 5.41) is 1.29. The van der Waals surface area contributed by atoms with Gasteiger partial charge in [-0.05, 0) is 30.9 Å². The molecule has 1 aromatic heterocycles. The molecule has 0 saturated heterocycles. The largest absolute Gasteiger partial charge is 0.300 e. The van der Waals surface area contributed by atoms with E-state index in [1.54, 1.807) is 18.3 Å². The van der Waals surface area contributed by atoms with Gasteiger partial charge in [0.25, 0.3) is 0 Å². The molecule has 0 spiro atoms. The number of aryl methyl sites for hydroxylation is 1. The molecule has 0 aliphatic carbocycles. The number of hydrogen-bond acceptors (Lipinski definition) is 2. The maximum atomic E-state index is 10.8. The first-order chi connectivity index (χ1) is 6.75. The van der Waals surface area contributed by atoms with Gasteiger partial charge in [-0.1, -0.05) is 18.2 Å². The molecule has 14 heavy (non-hydrogen) atoms. The van der Waals surface area contributed by atoms with Gasteiger partial charge in [-0.25, -0.2) is 0 Å². The number of carbonyl (C=O) groups excluding carboxylic acids is 1. The van der Waals surface area contributed by atoms with Crippen molar-refractivity contribution in [1.82, 2.24) is 0 Å². The van der Waals surface area contributed by atoms with Crippen LogP contribution in [0, 0.1) is 0 Å². The van der Waals surface area contributed by atoms with E-state index in [9.17, 15) is 4.79 Å². The standard InChI is InChI=1S/C12H12OS/c1-9(13)6-7-11-8-10-4-2-3-5-12(10)14-11/h2-5,8H,6-7H2,1H3. The third kappa shape index (κ3) is 2.02. The van der Waals surface area contributed by atoms with Gasteiger partial charge in [0.15, 0.2) is 0 Å². The highest BCUT2D eigenvalue weighted by Gasteiger charge is 2.01. The minimum absolute atomic E-state index is 0.266. The van der Waals surface area contributed by atoms with E-state index < -0.39 is 0 Å². The molecule has 1 nitrogen and oxygen atoms in total. The summed E-state index contributed by atoms with van der Waals surface area (Å²) in [6, 6.07) is 10.5. The number of fused-ring (bicyclic) bond motifs is 1. The SMILES string of the molecule is CC(=O)CCc1cc2ccccc2s1. The van der Waals surface area contributed by atoms with Crippen molar-refractivity contribution in [2.45, 2.75) is 19.8 Å². The molecule has 0 atom stereocenters. The molecule has 0 N–H and O–H groups in total. The van der Waals surface area contributed by atoms with E-state index in [-0.39, 0.29) is 5.78 Å². The van der Waals surface area contributed by atoms with Gasteiger partial charge >= 0.3 is 0 Å². The molecule has 1 heterocycles. The zero-order chi connectivity index (χ0) is 9.97. The average molecular weight is 204 g/mol. The van der Waals surface area contributed by atoms with E-state index in [2.05, 4.69) is 18.2 Å². The first-order valence-electron chi connectivity index (χ1n) is 4.72. The Bertz CT molecular complexity index is 423. The molecule has 0 fully saturated rings. The summed E-state index contributed by atoms with van der Waals surface area (Å²) >= 11 is 1.79. The summed E-state index contributed by atoms with van der Waals surface area (Å²) in [5.74, 6) is 0.266. The number of carbonyl (C=O) groups is 1. The highest BCUT2D eigenvalue weighted by atomic mass is 32.1. The molecule has 1 aromatic carbocycles. The molecule has 72 valence electrons. The van der Waals surface area contributed by atoms with Gasteiger partial charge in [-0.2, -0.15) is 0 Å². The second-order valence-electron chi connectivity index (χ2n) is 3.45. The Morgan fingerprint density at radius 3 is 2.86 bits per heavy atom. The lowest BCUT2D eigenvalue weighted by molar-refractivity contribution is -0.116. The van der Waals surface area contributed by atoms with Crippen LogP contribution in [-0.2, 0) is 11.2 Å². The van der Waals surface area contributed by atoms with Crippen molar-refractivity contribution in [2.75, 3.05) is 0 Å². The number of benzene rings is 1. The van der Waals surface area contributed by atoms with Gasteiger partial charge in [0.1, 0.15) is 5.78 Å². The summed E-state index contributed by atoms with van der Waals surface area (Å²) in [6.45, 7) is 1.65. The van der Waals surface area contributed by atoms with Crippen molar-refractivity contribution in [2.24, 2.45) is 0 Å². The van der Waals surface area contributed by atoms with Crippen molar-refractivity contribution in [3.63, 3.8) is 0 Å². The van der Waals surface area contributed by atoms with Crippen LogP contribution in [0.15, 0.2) is 30.3 Å². The fourth-order valence-corrected chi connectivity index (χ4v) is 2.52. The van der Waals surface area contributed by atoms with Crippen LogP contribution in [0.5, 0.6) is 0 Å². The third-order valence-corrected chi connectivity index (χ3v) is 3.38. The fourth-order valence-electron chi connectivity index (χ4n) is 1.46. The summed E-state index contributed by atoms with van der Waals surface area (Å²) in [4.78, 5) is 12.1. The molecular formula is C12H12OS. The Morgan fingerprint density at radius 2 is 2.14 bits per heavy atom. The quantitative estimate of drug-likeness (QED) is 0.748. The maximum absolute atomic E-state index is 10.8. The Balaban J connectivity index is 2.22. The summed E-state index contributed by atoms with van der Waals surface area (Å²) in [7, 11) is 0. The van der Waals surface area contributed by atoms with Gasteiger partial charge in [0, 0.05) is 16.0 Å². The predicted molar refractivity (Wildman–Crippen MR) is 60.8 cm³/mol. The van der Waals surface area contributed by atoms with E-state index in [4.69, 9.17) is 0 Å². The van der Waals surface area contributed by atoms with Crippen molar-refractivity contribution < 1.29 is 4.79 Å². The fraction of sp³-hybridized carbons (Fsp3) is 0.250. The molecular weight excluding hydrogens is 192 g/mol. The smallest absolute Gasteiger partial charge is 0.130 e. The van der Waals surface area contributed by atoms with E-state index in [1.165, 1.54) is 15.0 Å². The van der Waals surface area contributed by atoms with Crippen LogP contribution in [0.2, 0.25) is 0 Å². The highest BCUT2D eigenvalue weighted by Crippen LogP contribution is 2.25. The number of ketones is 1.